The summed E-state index contributed by atoms with van der Waals surface area (Å²) in [4.78, 5) is 65.4. The van der Waals surface area contributed by atoms with Crippen LogP contribution < -0.4 is 10.6 Å². The SMILES string of the molecule is CSc1ccc(/C=C2/SC(=O)N(CCNC(=O)CN3C(=O)NC4(CCCC4)C3=O)C2=O)cc1. The number of hydrogen-bond donors (Lipinski definition) is 2. The van der Waals surface area contributed by atoms with Gasteiger partial charge in [-0.3, -0.25) is 29.0 Å². The van der Waals surface area contributed by atoms with E-state index in [0.29, 0.717) is 17.7 Å². The van der Waals surface area contributed by atoms with Crippen LogP contribution in [0.15, 0.2) is 34.1 Å². The molecule has 1 aromatic carbocycles. The minimum atomic E-state index is -0.860. The Morgan fingerprint density at radius 3 is 2.52 bits per heavy atom. The Morgan fingerprint density at radius 1 is 1.15 bits per heavy atom. The molecule has 0 unspecified atom stereocenters. The van der Waals surface area contributed by atoms with Crippen molar-refractivity contribution in [3.8, 4) is 0 Å². The summed E-state index contributed by atoms with van der Waals surface area (Å²) in [5.74, 6) is -1.29. The van der Waals surface area contributed by atoms with Gasteiger partial charge in [0.25, 0.3) is 17.1 Å². The fourth-order valence-corrected chi connectivity index (χ4v) is 5.46. The van der Waals surface area contributed by atoms with Gasteiger partial charge in [-0.1, -0.05) is 25.0 Å². The van der Waals surface area contributed by atoms with Crippen LogP contribution in [0.4, 0.5) is 9.59 Å². The third-order valence-electron chi connectivity index (χ3n) is 5.95. The van der Waals surface area contributed by atoms with Crippen molar-refractivity contribution in [3.05, 3.63) is 34.7 Å². The molecular formula is C22H24N4O5S2. The summed E-state index contributed by atoms with van der Waals surface area (Å²) >= 11 is 2.47. The Morgan fingerprint density at radius 2 is 1.85 bits per heavy atom. The lowest BCUT2D eigenvalue weighted by Gasteiger charge is -2.20. The third kappa shape index (κ3) is 4.79. The van der Waals surface area contributed by atoms with Gasteiger partial charge in [0, 0.05) is 18.0 Å². The van der Waals surface area contributed by atoms with Gasteiger partial charge in [-0.25, -0.2) is 4.79 Å². The zero-order valence-electron chi connectivity index (χ0n) is 18.1. The van der Waals surface area contributed by atoms with Crippen molar-refractivity contribution in [3.63, 3.8) is 0 Å². The fourth-order valence-electron chi connectivity index (χ4n) is 4.19. The lowest BCUT2D eigenvalue weighted by molar-refractivity contribution is -0.134. The maximum atomic E-state index is 12.6. The van der Waals surface area contributed by atoms with Crippen molar-refractivity contribution in [1.29, 1.82) is 0 Å². The van der Waals surface area contributed by atoms with Crippen molar-refractivity contribution >= 4 is 58.6 Å². The molecule has 2 N–H and O–H groups in total. The highest BCUT2D eigenvalue weighted by Crippen LogP contribution is 2.35. The number of carbonyl (C=O) groups is 5. The number of nitrogens with zero attached hydrogens (tertiary/aromatic N) is 2. The van der Waals surface area contributed by atoms with Crippen molar-refractivity contribution in [2.24, 2.45) is 0 Å². The molecule has 1 saturated carbocycles. The quantitative estimate of drug-likeness (QED) is 0.344. The van der Waals surface area contributed by atoms with Crippen molar-refractivity contribution < 1.29 is 24.0 Å². The topological polar surface area (TPSA) is 116 Å². The lowest BCUT2D eigenvalue weighted by Crippen LogP contribution is -2.46. The summed E-state index contributed by atoms with van der Waals surface area (Å²) < 4.78 is 0. The summed E-state index contributed by atoms with van der Waals surface area (Å²) in [5.41, 5.74) is -0.0401. The number of hydrogen-bond acceptors (Lipinski definition) is 7. The highest BCUT2D eigenvalue weighted by Gasteiger charge is 2.52. The smallest absolute Gasteiger partial charge is 0.325 e. The molecule has 3 fully saturated rings. The highest BCUT2D eigenvalue weighted by atomic mass is 32.2. The minimum Gasteiger partial charge on any atom is -0.353 e. The normalized spacial score (nSPS) is 20.9. The van der Waals surface area contributed by atoms with Crippen LogP contribution in [-0.2, 0) is 14.4 Å². The van der Waals surface area contributed by atoms with E-state index in [2.05, 4.69) is 10.6 Å². The summed E-state index contributed by atoms with van der Waals surface area (Å²) in [6.45, 7) is -0.356. The van der Waals surface area contributed by atoms with Gasteiger partial charge >= 0.3 is 6.03 Å². The molecule has 1 aliphatic carbocycles. The molecule has 4 rings (SSSR count). The van der Waals surface area contributed by atoms with E-state index in [-0.39, 0.29) is 25.5 Å². The minimum absolute atomic E-state index is 0.00321. The van der Waals surface area contributed by atoms with Gasteiger partial charge in [-0.15, -0.1) is 11.8 Å². The largest absolute Gasteiger partial charge is 0.353 e. The van der Waals surface area contributed by atoms with Crippen LogP contribution in [0.3, 0.4) is 0 Å². The number of carbonyl (C=O) groups excluding carboxylic acids is 5. The van der Waals surface area contributed by atoms with Crippen LogP contribution in [-0.4, -0.2) is 70.2 Å². The molecule has 174 valence electrons. The van der Waals surface area contributed by atoms with Crippen LogP contribution in [0.2, 0.25) is 0 Å². The van der Waals surface area contributed by atoms with E-state index in [1.807, 2.05) is 30.5 Å². The molecule has 9 nitrogen and oxygen atoms in total. The van der Waals surface area contributed by atoms with Crippen molar-refractivity contribution in [1.82, 2.24) is 20.4 Å². The molecule has 0 atom stereocenters. The van der Waals surface area contributed by atoms with Gasteiger partial charge in [0.2, 0.25) is 5.91 Å². The average Bonchev–Trinajstić information content (AvgIpc) is 3.44. The molecule has 6 amide bonds. The Bertz CT molecular complexity index is 1030. The van der Waals surface area contributed by atoms with E-state index in [9.17, 15) is 24.0 Å². The monoisotopic (exact) mass is 488 g/mol. The number of nitrogens with one attached hydrogen (secondary N) is 2. The summed E-state index contributed by atoms with van der Waals surface area (Å²) in [6.07, 6.45) is 6.55. The van der Waals surface area contributed by atoms with E-state index in [4.69, 9.17) is 0 Å². The molecule has 0 aromatic heterocycles. The molecule has 11 heteroatoms. The molecule has 1 aromatic rings. The Balaban J connectivity index is 1.28. The average molecular weight is 489 g/mol. The maximum Gasteiger partial charge on any atom is 0.325 e. The van der Waals surface area contributed by atoms with Crippen LogP contribution in [0, 0.1) is 0 Å². The number of imide groups is 2. The summed E-state index contributed by atoms with van der Waals surface area (Å²) in [6, 6.07) is 7.09. The Kier molecular flexibility index (Phi) is 6.80. The second-order valence-electron chi connectivity index (χ2n) is 8.07. The van der Waals surface area contributed by atoms with Crippen LogP contribution >= 0.6 is 23.5 Å². The first-order valence-corrected chi connectivity index (χ1v) is 12.7. The zero-order valence-corrected chi connectivity index (χ0v) is 19.7. The van der Waals surface area contributed by atoms with Gasteiger partial charge in [0.05, 0.1) is 4.91 Å². The predicted octanol–water partition coefficient (Wildman–Crippen LogP) is 2.43. The van der Waals surface area contributed by atoms with Crippen LogP contribution in [0.1, 0.15) is 31.2 Å². The van der Waals surface area contributed by atoms with E-state index in [1.54, 1.807) is 17.8 Å². The zero-order chi connectivity index (χ0) is 23.6. The van der Waals surface area contributed by atoms with E-state index < -0.39 is 28.6 Å². The first kappa shape index (κ1) is 23.4. The summed E-state index contributed by atoms with van der Waals surface area (Å²) in [5, 5.41) is 4.91. The van der Waals surface area contributed by atoms with Gasteiger partial charge in [0.15, 0.2) is 0 Å². The molecule has 3 aliphatic rings. The molecular weight excluding hydrogens is 464 g/mol. The predicted molar refractivity (Wildman–Crippen MR) is 125 cm³/mol. The first-order chi connectivity index (χ1) is 15.8. The fraction of sp³-hybridized carbons (Fsp3) is 0.409. The van der Waals surface area contributed by atoms with E-state index in [1.165, 1.54) is 0 Å². The van der Waals surface area contributed by atoms with Gasteiger partial charge in [-0.2, -0.15) is 0 Å². The summed E-state index contributed by atoms with van der Waals surface area (Å²) in [7, 11) is 0. The lowest BCUT2D eigenvalue weighted by atomic mass is 9.98. The standard InChI is InChI=1S/C22H24N4O5S2/c1-32-15-6-4-14(5-7-15)12-16-18(28)25(21(31)33-16)11-10-23-17(27)13-26-19(29)22(24-20(26)30)8-2-3-9-22/h4-7,12H,2-3,8-11,13H2,1H3,(H,23,27)(H,24,30)/b16-12+. The van der Waals surface area contributed by atoms with E-state index in [0.717, 1.165) is 44.9 Å². The second kappa shape index (κ2) is 9.60. The maximum absolute atomic E-state index is 12.6. The molecule has 0 bridgehead atoms. The highest BCUT2D eigenvalue weighted by molar-refractivity contribution is 8.18. The molecule has 2 heterocycles. The van der Waals surface area contributed by atoms with Crippen molar-refractivity contribution in [2.45, 2.75) is 36.1 Å². The van der Waals surface area contributed by atoms with Crippen LogP contribution in [0.25, 0.3) is 6.08 Å². The van der Waals surface area contributed by atoms with Crippen molar-refractivity contribution in [2.75, 3.05) is 25.9 Å². The number of amides is 6. The number of urea groups is 1. The molecule has 0 radical (unpaired) electrons. The van der Waals surface area contributed by atoms with Gasteiger partial charge in [-0.05, 0) is 54.6 Å². The Labute approximate surface area is 199 Å². The molecule has 2 saturated heterocycles. The van der Waals surface area contributed by atoms with E-state index >= 15 is 0 Å². The number of rotatable bonds is 7. The second-order valence-corrected chi connectivity index (χ2v) is 9.94. The Hall–Kier alpha value is -2.79. The molecule has 1 spiro atoms. The first-order valence-electron chi connectivity index (χ1n) is 10.6. The third-order valence-corrected chi connectivity index (χ3v) is 7.60. The number of thioether (sulfide) groups is 2. The molecule has 33 heavy (non-hydrogen) atoms. The van der Waals surface area contributed by atoms with Gasteiger partial charge < -0.3 is 10.6 Å². The van der Waals surface area contributed by atoms with Crippen LogP contribution in [0.5, 0.6) is 0 Å². The number of benzene rings is 1. The van der Waals surface area contributed by atoms with Gasteiger partial charge in [0.1, 0.15) is 12.1 Å². The molecule has 2 aliphatic heterocycles.